The van der Waals surface area contributed by atoms with Gasteiger partial charge in [0.2, 0.25) is 0 Å². The van der Waals surface area contributed by atoms with E-state index in [9.17, 15) is 0 Å². The molecule has 0 spiro atoms. The number of aromatic nitrogens is 4. The van der Waals surface area contributed by atoms with Gasteiger partial charge in [0.05, 0.1) is 23.1 Å². The van der Waals surface area contributed by atoms with Crippen molar-refractivity contribution in [1.29, 1.82) is 0 Å². The van der Waals surface area contributed by atoms with Crippen LogP contribution in [0.25, 0.3) is 16.6 Å². The number of nitrogens with zero attached hydrogens (tertiary/aromatic N) is 4. The Morgan fingerprint density at radius 1 is 1.21 bits per heavy atom. The van der Waals surface area contributed by atoms with E-state index in [1.165, 1.54) is 0 Å². The number of aryl methyl sites for hydroxylation is 1. The number of nitrogens with two attached hydrogens (primary N) is 1. The van der Waals surface area contributed by atoms with Gasteiger partial charge in [0.15, 0.2) is 0 Å². The van der Waals surface area contributed by atoms with Crippen LogP contribution in [0.15, 0.2) is 36.5 Å². The Morgan fingerprint density at radius 2 is 2.05 bits per heavy atom. The molecular weight excluding hydrogens is 238 g/mol. The highest BCUT2D eigenvalue weighted by molar-refractivity contribution is 5.86. The first kappa shape index (κ1) is 11.8. The number of para-hydroxylation sites is 1. The number of hydrogen-bond acceptors (Lipinski definition) is 4. The first-order valence-corrected chi connectivity index (χ1v) is 6.20. The molecule has 0 saturated carbocycles. The maximum atomic E-state index is 5.81. The summed E-state index contributed by atoms with van der Waals surface area (Å²) in [7, 11) is 0. The van der Waals surface area contributed by atoms with Crippen LogP contribution in [0.4, 0.5) is 0 Å². The summed E-state index contributed by atoms with van der Waals surface area (Å²) in [4.78, 5) is 4.59. The van der Waals surface area contributed by atoms with Crippen molar-refractivity contribution in [3.63, 3.8) is 0 Å². The molecule has 96 valence electrons. The van der Waals surface area contributed by atoms with Gasteiger partial charge in [-0.15, -0.1) is 5.10 Å². The lowest BCUT2D eigenvalue weighted by Gasteiger charge is -2.05. The van der Waals surface area contributed by atoms with Crippen LogP contribution in [0.1, 0.15) is 24.4 Å². The third-order valence-electron chi connectivity index (χ3n) is 3.06. The molecule has 0 aliphatic heterocycles. The first-order valence-electron chi connectivity index (χ1n) is 6.20. The van der Waals surface area contributed by atoms with Gasteiger partial charge in [-0.05, 0) is 26.0 Å². The van der Waals surface area contributed by atoms with Crippen molar-refractivity contribution in [3.05, 3.63) is 47.9 Å². The largest absolute Gasteiger partial charge is 0.323 e. The number of hydrogen-bond donors (Lipinski definition) is 1. The van der Waals surface area contributed by atoms with E-state index in [-0.39, 0.29) is 6.04 Å². The Balaban J connectivity index is 2.20. The highest BCUT2D eigenvalue weighted by atomic mass is 15.4. The molecule has 0 bridgehead atoms. The minimum atomic E-state index is -0.126. The summed E-state index contributed by atoms with van der Waals surface area (Å²) in [5.74, 6) is 0. The first-order chi connectivity index (χ1) is 9.15. The Labute approximate surface area is 111 Å². The van der Waals surface area contributed by atoms with Crippen LogP contribution < -0.4 is 5.73 Å². The molecule has 0 fully saturated rings. The highest BCUT2D eigenvalue weighted by Gasteiger charge is 2.09. The maximum Gasteiger partial charge on any atom is 0.0995 e. The molecule has 2 aromatic heterocycles. The van der Waals surface area contributed by atoms with E-state index >= 15 is 0 Å². The molecule has 2 N–H and O–H groups in total. The quantitative estimate of drug-likeness (QED) is 0.759. The molecule has 3 rings (SSSR count). The fourth-order valence-electron chi connectivity index (χ4n) is 2.02. The van der Waals surface area contributed by atoms with Gasteiger partial charge < -0.3 is 5.73 Å². The fraction of sp³-hybridized carbons (Fsp3) is 0.214. The zero-order chi connectivity index (χ0) is 13.4. The average molecular weight is 253 g/mol. The average Bonchev–Trinajstić information content (AvgIpc) is 2.87. The highest BCUT2D eigenvalue weighted by Crippen LogP contribution is 2.20. The Bertz CT molecular complexity index is 730. The van der Waals surface area contributed by atoms with Crippen LogP contribution in [-0.4, -0.2) is 20.0 Å². The summed E-state index contributed by atoms with van der Waals surface area (Å²) < 4.78 is 1.73. The van der Waals surface area contributed by atoms with Crippen molar-refractivity contribution in [3.8, 4) is 5.69 Å². The minimum absolute atomic E-state index is 0.126. The Kier molecular flexibility index (Phi) is 2.76. The van der Waals surface area contributed by atoms with Crippen molar-refractivity contribution < 1.29 is 0 Å². The molecule has 1 unspecified atom stereocenters. The van der Waals surface area contributed by atoms with E-state index in [0.29, 0.717) is 0 Å². The molecule has 0 radical (unpaired) electrons. The third kappa shape index (κ3) is 2.08. The van der Waals surface area contributed by atoms with E-state index in [2.05, 4.69) is 21.4 Å². The Hall–Kier alpha value is -2.27. The molecule has 5 heteroatoms. The molecule has 3 aromatic rings. The lowest BCUT2D eigenvalue weighted by molar-refractivity contribution is 0.757. The molecule has 1 aromatic carbocycles. The van der Waals surface area contributed by atoms with Crippen molar-refractivity contribution in [2.45, 2.75) is 19.9 Å². The summed E-state index contributed by atoms with van der Waals surface area (Å²) in [6.45, 7) is 3.87. The SMILES string of the molecule is Cc1ccc2cccc(-n3cc(C(C)N)nn3)c2n1. The van der Waals surface area contributed by atoms with E-state index in [1.54, 1.807) is 4.68 Å². The molecule has 0 aliphatic rings. The molecule has 0 amide bonds. The van der Waals surface area contributed by atoms with Crippen molar-refractivity contribution in [1.82, 2.24) is 20.0 Å². The van der Waals surface area contributed by atoms with Gasteiger partial charge in [0.25, 0.3) is 0 Å². The van der Waals surface area contributed by atoms with Gasteiger partial charge in [-0.1, -0.05) is 23.4 Å². The number of rotatable bonds is 2. The number of benzene rings is 1. The lowest BCUT2D eigenvalue weighted by atomic mass is 10.2. The summed E-state index contributed by atoms with van der Waals surface area (Å²) in [6, 6.07) is 9.94. The van der Waals surface area contributed by atoms with Crippen LogP contribution in [-0.2, 0) is 0 Å². The second kappa shape index (κ2) is 4.44. The van der Waals surface area contributed by atoms with Gasteiger partial charge in [0, 0.05) is 17.1 Å². The van der Waals surface area contributed by atoms with Crippen LogP contribution >= 0.6 is 0 Å². The van der Waals surface area contributed by atoms with E-state index in [4.69, 9.17) is 5.73 Å². The van der Waals surface area contributed by atoms with Crippen LogP contribution in [0.5, 0.6) is 0 Å². The molecule has 2 heterocycles. The van der Waals surface area contributed by atoms with Crippen molar-refractivity contribution in [2.24, 2.45) is 5.73 Å². The molecule has 1 atom stereocenters. The standard InChI is InChI=1S/C14H15N5/c1-9-6-7-11-4-3-5-13(14(11)16-9)19-8-12(10(2)15)17-18-19/h3-8,10H,15H2,1-2H3. The van der Waals surface area contributed by atoms with E-state index in [0.717, 1.165) is 28.0 Å². The van der Waals surface area contributed by atoms with Crippen LogP contribution in [0, 0.1) is 6.92 Å². The number of fused-ring (bicyclic) bond motifs is 1. The monoisotopic (exact) mass is 253 g/mol. The normalized spacial score (nSPS) is 12.8. The van der Waals surface area contributed by atoms with E-state index < -0.39 is 0 Å². The van der Waals surface area contributed by atoms with Crippen LogP contribution in [0.2, 0.25) is 0 Å². The molecule has 19 heavy (non-hydrogen) atoms. The Morgan fingerprint density at radius 3 is 2.79 bits per heavy atom. The molecular formula is C14H15N5. The summed E-state index contributed by atoms with van der Waals surface area (Å²) >= 11 is 0. The summed E-state index contributed by atoms with van der Waals surface area (Å²) in [6.07, 6.45) is 1.85. The summed E-state index contributed by atoms with van der Waals surface area (Å²) in [5, 5.41) is 9.30. The summed E-state index contributed by atoms with van der Waals surface area (Å²) in [5.41, 5.74) is 9.40. The fourth-order valence-corrected chi connectivity index (χ4v) is 2.02. The molecule has 0 aliphatic carbocycles. The minimum Gasteiger partial charge on any atom is -0.323 e. The third-order valence-corrected chi connectivity index (χ3v) is 3.06. The molecule has 0 saturated heterocycles. The van der Waals surface area contributed by atoms with Gasteiger partial charge in [0.1, 0.15) is 0 Å². The second-order valence-corrected chi connectivity index (χ2v) is 4.68. The smallest absolute Gasteiger partial charge is 0.0995 e. The predicted molar refractivity (Wildman–Crippen MR) is 74.0 cm³/mol. The lowest BCUT2D eigenvalue weighted by Crippen LogP contribution is -2.05. The van der Waals surface area contributed by atoms with Gasteiger partial charge in [-0.25, -0.2) is 4.68 Å². The second-order valence-electron chi connectivity index (χ2n) is 4.68. The van der Waals surface area contributed by atoms with Gasteiger partial charge in [-0.3, -0.25) is 4.98 Å². The van der Waals surface area contributed by atoms with Crippen LogP contribution in [0.3, 0.4) is 0 Å². The number of pyridine rings is 1. The van der Waals surface area contributed by atoms with Gasteiger partial charge in [-0.2, -0.15) is 0 Å². The topological polar surface area (TPSA) is 69.6 Å². The van der Waals surface area contributed by atoms with Crippen molar-refractivity contribution in [2.75, 3.05) is 0 Å². The zero-order valence-electron chi connectivity index (χ0n) is 10.9. The zero-order valence-corrected chi connectivity index (χ0v) is 10.9. The van der Waals surface area contributed by atoms with E-state index in [1.807, 2.05) is 44.3 Å². The maximum absolute atomic E-state index is 5.81. The predicted octanol–water partition coefficient (Wildman–Crippen LogP) is 2.14. The van der Waals surface area contributed by atoms with Gasteiger partial charge >= 0.3 is 0 Å². The van der Waals surface area contributed by atoms with Crippen molar-refractivity contribution >= 4 is 10.9 Å². The molecule has 5 nitrogen and oxygen atoms in total.